The van der Waals surface area contributed by atoms with Crippen molar-refractivity contribution in [3.8, 4) is 0 Å². The van der Waals surface area contributed by atoms with Crippen molar-refractivity contribution < 1.29 is 18.3 Å². The van der Waals surface area contributed by atoms with Crippen LogP contribution in [0.5, 0.6) is 0 Å². The van der Waals surface area contributed by atoms with Crippen molar-refractivity contribution in [2.75, 3.05) is 5.73 Å². The van der Waals surface area contributed by atoms with Crippen LogP contribution in [0.3, 0.4) is 0 Å². The third-order valence-corrected chi connectivity index (χ3v) is 3.46. The number of rotatable bonds is 3. The van der Waals surface area contributed by atoms with Crippen molar-refractivity contribution in [3.63, 3.8) is 0 Å². The summed E-state index contributed by atoms with van der Waals surface area (Å²) in [4.78, 5) is 18.2. The predicted molar refractivity (Wildman–Crippen MR) is 79.0 cm³/mol. The van der Waals surface area contributed by atoms with E-state index in [9.17, 15) is 23.1 Å². The summed E-state index contributed by atoms with van der Waals surface area (Å²) in [7, 11) is 0. The zero-order valence-corrected chi connectivity index (χ0v) is 12.1. The van der Waals surface area contributed by atoms with Crippen LogP contribution < -0.4 is 11.3 Å². The van der Waals surface area contributed by atoms with Gasteiger partial charge in [0.25, 0.3) is 5.56 Å². The second-order valence-electron chi connectivity index (χ2n) is 5.11. The molecule has 24 heavy (non-hydrogen) atoms. The number of alkyl halides is 3. The fourth-order valence-electron chi connectivity index (χ4n) is 2.36. The summed E-state index contributed by atoms with van der Waals surface area (Å²) in [5.41, 5.74) is 5.01. The smallest absolute Gasteiger partial charge is 0.390 e. The number of aliphatic hydroxyl groups is 1. The van der Waals surface area contributed by atoms with Crippen LogP contribution in [0.2, 0.25) is 0 Å². The van der Waals surface area contributed by atoms with Crippen molar-refractivity contribution in [2.24, 2.45) is 0 Å². The summed E-state index contributed by atoms with van der Waals surface area (Å²) >= 11 is 0. The van der Waals surface area contributed by atoms with Gasteiger partial charge in [-0.1, -0.05) is 12.1 Å². The number of aliphatic hydroxyl groups excluding tert-OH is 1. The predicted octanol–water partition coefficient (Wildman–Crippen LogP) is 1.26. The maximum absolute atomic E-state index is 12.6. The van der Waals surface area contributed by atoms with Crippen LogP contribution in [-0.2, 0) is 19.3 Å². The Hall–Kier alpha value is -2.88. The molecule has 3 aromatic rings. The number of benzene rings is 1. The number of halogens is 3. The van der Waals surface area contributed by atoms with Gasteiger partial charge in [0.2, 0.25) is 5.95 Å². The monoisotopic (exact) mass is 339 g/mol. The van der Waals surface area contributed by atoms with Gasteiger partial charge in [0.05, 0.1) is 18.7 Å². The standard InChI is InChI=1S/C14H12F3N5O2/c15-14(16,17)8-3-1-7(2-4-8)5-22-11-10(9(6-23)21-22)12(24)20-13(18)19-11/h1-4,23H,5-6H2,(H3,18,19,20,24). The van der Waals surface area contributed by atoms with Gasteiger partial charge in [-0.25, -0.2) is 4.68 Å². The molecular formula is C14H12F3N5O2. The molecular weight excluding hydrogens is 327 g/mol. The number of aromatic amines is 1. The molecule has 0 amide bonds. The molecule has 0 saturated heterocycles. The van der Waals surface area contributed by atoms with Gasteiger partial charge < -0.3 is 10.8 Å². The van der Waals surface area contributed by atoms with E-state index in [0.29, 0.717) is 5.56 Å². The summed E-state index contributed by atoms with van der Waals surface area (Å²) in [6.07, 6.45) is -4.41. The van der Waals surface area contributed by atoms with Crippen LogP contribution in [0, 0.1) is 0 Å². The minimum Gasteiger partial charge on any atom is -0.390 e. The normalized spacial score (nSPS) is 12.0. The molecule has 1 aromatic carbocycles. The minimum atomic E-state index is -4.41. The first-order valence-corrected chi connectivity index (χ1v) is 6.82. The number of nitrogens with two attached hydrogens (primary N) is 1. The summed E-state index contributed by atoms with van der Waals surface area (Å²) < 4.78 is 39.1. The van der Waals surface area contributed by atoms with Gasteiger partial charge >= 0.3 is 6.18 Å². The van der Waals surface area contributed by atoms with Crippen LogP contribution in [0.25, 0.3) is 11.0 Å². The molecule has 0 aliphatic heterocycles. The van der Waals surface area contributed by atoms with Gasteiger partial charge in [0.15, 0.2) is 5.65 Å². The maximum Gasteiger partial charge on any atom is 0.416 e. The Bertz CT molecular complexity index is 944. The largest absolute Gasteiger partial charge is 0.416 e. The highest BCUT2D eigenvalue weighted by molar-refractivity contribution is 5.78. The Morgan fingerprint density at radius 1 is 1.25 bits per heavy atom. The zero-order chi connectivity index (χ0) is 17.5. The lowest BCUT2D eigenvalue weighted by Crippen LogP contribution is -2.13. The number of H-pyrrole nitrogens is 1. The third kappa shape index (κ3) is 2.83. The van der Waals surface area contributed by atoms with Crippen molar-refractivity contribution >= 4 is 17.0 Å². The number of nitrogen functional groups attached to an aromatic ring is 1. The van der Waals surface area contributed by atoms with Crippen molar-refractivity contribution in [1.82, 2.24) is 19.7 Å². The highest BCUT2D eigenvalue weighted by Crippen LogP contribution is 2.29. The van der Waals surface area contributed by atoms with Gasteiger partial charge in [-0.15, -0.1) is 0 Å². The Balaban J connectivity index is 2.03. The molecule has 0 bridgehead atoms. The molecule has 7 nitrogen and oxygen atoms in total. The van der Waals surface area contributed by atoms with Crippen LogP contribution >= 0.6 is 0 Å². The quantitative estimate of drug-likeness (QED) is 0.665. The average molecular weight is 339 g/mol. The summed E-state index contributed by atoms with van der Waals surface area (Å²) in [5.74, 6) is -0.120. The first-order valence-electron chi connectivity index (χ1n) is 6.82. The first-order chi connectivity index (χ1) is 11.3. The number of anilines is 1. The Labute approximate surface area is 132 Å². The minimum absolute atomic E-state index is 0.0739. The van der Waals surface area contributed by atoms with E-state index in [1.54, 1.807) is 0 Å². The van der Waals surface area contributed by atoms with E-state index in [0.717, 1.165) is 12.1 Å². The number of nitrogens with zero attached hydrogens (tertiary/aromatic N) is 3. The van der Waals surface area contributed by atoms with E-state index in [2.05, 4.69) is 15.1 Å². The number of nitrogens with one attached hydrogen (secondary N) is 1. The molecule has 0 unspecified atom stereocenters. The summed E-state index contributed by atoms with van der Waals surface area (Å²) in [6, 6.07) is 4.54. The van der Waals surface area contributed by atoms with Crippen LogP contribution in [0.1, 0.15) is 16.8 Å². The van der Waals surface area contributed by atoms with E-state index in [1.165, 1.54) is 16.8 Å². The highest BCUT2D eigenvalue weighted by Gasteiger charge is 2.30. The maximum atomic E-state index is 12.6. The molecule has 0 aliphatic carbocycles. The second-order valence-corrected chi connectivity index (χ2v) is 5.11. The molecule has 10 heteroatoms. The lowest BCUT2D eigenvalue weighted by molar-refractivity contribution is -0.137. The van der Waals surface area contributed by atoms with Crippen LogP contribution in [0.4, 0.5) is 19.1 Å². The highest BCUT2D eigenvalue weighted by atomic mass is 19.4. The van der Waals surface area contributed by atoms with Gasteiger partial charge in [0.1, 0.15) is 11.1 Å². The molecule has 0 aliphatic rings. The lowest BCUT2D eigenvalue weighted by Gasteiger charge is -2.08. The Kier molecular flexibility index (Phi) is 3.76. The van der Waals surface area contributed by atoms with Crippen molar-refractivity contribution in [1.29, 1.82) is 0 Å². The van der Waals surface area contributed by atoms with Gasteiger partial charge in [0, 0.05) is 0 Å². The molecule has 0 spiro atoms. The molecule has 2 aromatic heterocycles. The van der Waals surface area contributed by atoms with E-state index in [-0.39, 0.29) is 29.2 Å². The van der Waals surface area contributed by atoms with Crippen LogP contribution in [-0.4, -0.2) is 24.9 Å². The Morgan fingerprint density at radius 2 is 1.92 bits per heavy atom. The Morgan fingerprint density at radius 3 is 2.50 bits per heavy atom. The lowest BCUT2D eigenvalue weighted by atomic mass is 10.1. The van der Waals surface area contributed by atoms with E-state index in [4.69, 9.17) is 5.73 Å². The molecule has 3 rings (SSSR count). The molecule has 4 N–H and O–H groups in total. The summed E-state index contributed by atoms with van der Waals surface area (Å²) in [6.45, 7) is -0.407. The molecule has 126 valence electrons. The first kappa shape index (κ1) is 16.0. The zero-order valence-electron chi connectivity index (χ0n) is 12.1. The molecule has 0 radical (unpaired) electrons. The summed E-state index contributed by atoms with van der Waals surface area (Å²) in [5, 5.41) is 13.5. The second kappa shape index (κ2) is 5.64. The molecule has 2 heterocycles. The van der Waals surface area contributed by atoms with Gasteiger partial charge in [-0.2, -0.15) is 23.3 Å². The fourth-order valence-corrected chi connectivity index (χ4v) is 2.36. The number of aromatic nitrogens is 4. The molecule has 0 fully saturated rings. The van der Waals surface area contributed by atoms with E-state index >= 15 is 0 Å². The topological polar surface area (TPSA) is 110 Å². The third-order valence-electron chi connectivity index (χ3n) is 3.46. The van der Waals surface area contributed by atoms with Crippen molar-refractivity contribution in [3.05, 3.63) is 51.4 Å². The number of fused-ring (bicyclic) bond motifs is 1. The van der Waals surface area contributed by atoms with Crippen molar-refractivity contribution in [2.45, 2.75) is 19.3 Å². The number of hydrogen-bond donors (Lipinski definition) is 3. The van der Waals surface area contributed by atoms with Crippen LogP contribution in [0.15, 0.2) is 29.1 Å². The SMILES string of the molecule is Nc1nc2c(c(CO)nn2Cc2ccc(C(F)(F)F)cc2)c(=O)[nH]1. The fraction of sp³-hybridized carbons (Fsp3) is 0.214. The van der Waals surface area contributed by atoms with Gasteiger partial charge in [-0.3, -0.25) is 9.78 Å². The molecule has 0 saturated carbocycles. The average Bonchev–Trinajstić information content (AvgIpc) is 2.85. The molecule has 0 atom stereocenters. The van der Waals surface area contributed by atoms with Gasteiger partial charge in [-0.05, 0) is 17.7 Å². The van der Waals surface area contributed by atoms with E-state index < -0.39 is 23.9 Å². The van der Waals surface area contributed by atoms with E-state index in [1.807, 2.05) is 0 Å². The number of hydrogen-bond acceptors (Lipinski definition) is 5.